The van der Waals surface area contributed by atoms with Crippen molar-refractivity contribution in [1.29, 1.82) is 0 Å². The van der Waals surface area contributed by atoms with E-state index in [2.05, 4.69) is 21.0 Å². The number of unbranched alkanes of at least 4 members (excludes halogenated alkanes) is 9. The van der Waals surface area contributed by atoms with Crippen molar-refractivity contribution >= 4 is 24.0 Å². The second-order valence-corrected chi connectivity index (χ2v) is 10.1. The van der Waals surface area contributed by atoms with E-state index in [1.54, 1.807) is 0 Å². The molecular weight excluding hydrogens is 642 g/mol. The Hall–Kier alpha value is -0.500. The number of alkyl halides is 9. The van der Waals surface area contributed by atoms with E-state index in [0.717, 1.165) is 25.7 Å². The van der Waals surface area contributed by atoms with Crippen molar-refractivity contribution in [2.24, 2.45) is 0 Å². The van der Waals surface area contributed by atoms with Crippen LogP contribution >= 0.6 is 12.0 Å². The van der Waals surface area contributed by atoms with Crippen LogP contribution in [-0.2, 0) is 33.2 Å². The second kappa shape index (κ2) is 22.9. The maximum absolute atomic E-state index is 13.6. The topological polar surface area (TPSA) is 103 Å². The van der Waals surface area contributed by atoms with Gasteiger partial charge in [-0.1, -0.05) is 64.7 Å². The molecule has 0 aliphatic heterocycles. The van der Waals surface area contributed by atoms with E-state index in [4.69, 9.17) is 9.47 Å². The average Bonchev–Trinajstić information content (AvgIpc) is 2.90. The first-order chi connectivity index (χ1) is 19.5. The zero-order valence-electron chi connectivity index (χ0n) is 24.0. The zero-order valence-corrected chi connectivity index (χ0v) is 26.8. The van der Waals surface area contributed by atoms with Gasteiger partial charge in [0.2, 0.25) is 0 Å². The van der Waals surface area contributed by atoms with Crippen LogP contribution in [0.1, 0.15) is 84.0 Å². The molecule has 0 fully saturated rings. The minimum Gasteiger partial charge on any atom is -0.691 e. The fourth-order valence-electron chi connectivity index (χ4n) is 3.38. The maximum atomic E-state index is 13.6. The molecule has 0 aromatic carbocycles. The van der Waals surface area contributed by atoms with Gasteiger partial charge in [0, 0.05) is 18.6 Å². The van der Waals surface area contributed by atoms with Crippen LogP contribution in [0.5, 0.6) is 0 Å². The van der Waals surface area contributed by atoms with Crippen LogP contribution in [0.25, 0.3) is 0 Å². The van der Waals surface area contributed by atoms with Gasteiger partial charge in [-0.25, -0.2) is 0 Å². The third-order valence-electron chi connectivity index (χ3n) is 5.80. The molecule has 0 rings (SSSR count). The molecule has 0 aromatic heterocycles. The molecule has 0 aliphatic rings. The minimum absolute atomic E-state index is 0. The molecule has 0 spiro atoms. The van der Waals surface area contributed by atoms with E-state index in [9.17, 15) is 54.4 Å². The van der Waals surface area contributed by atoms with E-state index in [-0.39, 0.29) is 54.8 Å². The van der Waals surface area contributed by atoms with Crippen LogP contribution in [0.4, 0.5) is 39.5 Å². The third-order valence-corrected chi connectivity index (χ3v) is 6.53. The van der Waals surface area contributed by atoms with Gasteiger partial charge in [0.05, 0.1) is 26.1 Å². The van der Waals surface area contributed by atoms with E-state index in [1.165, 1.54) is 38.5 Å². The molecule has 8 nitrogen and oxygen atoms in total. The second-order valence-electron chi connectivity index (χ2n) is 9.21. The summed E-state index contributed by atoms with van der Waals surface area (Å²) in [4.78, 5) is 23.9. The standard InChI is InChI=1S/C24H37F9O8S.Na/c1-2-3-4-5-6-7-8-9-10-11-13-37-15-16-38-19(34)17-18(42-41-40-36)20(35)39-14-12-21(25,26)22(27,28)23(29,30)24(31,32)33;/h18,36H,2-17H2,1H3;/q;+1/p-1. The molecule has 1 unspecified atom stereocenters. The van der Waals surface area contributed by atoms with Crippen molar-refractivity contribution < 1.29 is 107 Å². The Morgan fingerprint density at radius 2 is 1.26 bits per heavy atom. The summed E-state index contributed by atoms with van der Waals surface area (Å²) < 4.78 is 134. The summed E-state index contributed by atoms with van der Waals surface area (Å²) in [6, 6.07) is 0. The van der Waals surface area contributed by atoms with Crippen molar-refractivity contribution in [3.63, 3.8) is 0 Å². The Kier molecular flexibility index (Phi) is 23.8. The minimum atomic E-state index is -7.09. The normalized spacial score (nSPS) is 13.4. The van der Waals surface area contributed by atoms with Gasteiger partial charge in [-0.15, -0.1) is 0 Å². The van der Waals surface area contributed by atoms with E-state index >= 15 is 0 Å². The number of hydrogen-bond acceptors (Lipinski definition) is 9. The number of carbonyl (C=O) groups is 2. The number of hydrogen-bond donors (Lipinski definition) is 0. The average molecular weight is 679 g/mol. The number of ether oxygens (including phenoxy) is 3. The molecular formula is C24H36F9NaO8S. The van der Waals surface area contributed by atoms with Gasteiger partial charge >= 0.3 is 65.4 Å². The first-order valence-corrected chi connectivity index (χ1v) is 14.1. The molecule has 0 heterocycles. The van der Waals surface area contributed by atoms with Gasteiger partial charge < -0.3 is 19.5 Å². The van der Waals surface area contributed by atoms with Gasteiger partial charge in [-0.2, -0.15) is 43.8 Å². The Morgan fingerprint density at radius 3 is 1.77 bits per heavy atom. The Labute approximate surface area is 270 Å². The molecule has 19 heteroatoms. The maximum Gasteiger partial charge on any atom is 1.00 e. The Morgan fingerprint density at radius 1 is 0.721 bits per heavy atom. The molecule has 0 saturated carbocycles. The Balaban J connectivity index is 0. The molecule has 0 aliphatic carbocycles. The molecule has 0 radical (unpaired) electrons. The number of carbonyl (C=O) groups excluding carboxylic acids is 2. The smallest absolute Gasteiger partial charge is 0.691 e. The van der Waals surface area contributed by atoms with Crippen LogP contribution in [-0.4, -0.2) is 67.6 Å². The molecule has 250 valence electrons. The van der Waals surface area contributed by atoms with Crippen molar-refractivity contribution in [2.75, 3.05) is 26.4 Å². The van der Waals surface area contributed by atoms with Crippen molar-refractivity contribution in [2.45, 2.75) is 113 Å². The Bertz CT molecular complexity index is 765. The first kappa shape index (κ1) is 44.6. The summed E-state index contributed by atoms with van der Waals surface area (Å²) in [5, 5.41) is 11.2. The summed E-state index contributed by atoms with van der Waals surface area (Å²) >= 11 is -0.154. The SMILES string of the molecule is CCCCCCCCCCCCOCCOC(=O)CC(SOO[O-])C(=O)OCCC(F)(F)C(F)(F)C(F)(F)C(F)(F)F.[Na+]. The number of halogens is 9. The van der Waals surface area contributed by atoms with Crippen molar-refractivity contribution in [3.05, 3.63) is 0 Å². The predicted octanol–water partition coefficient (Wildman–Crippen LogP) is 3.50. The summed E-state index contributed by atoms with van der Waals surface area (Å²) in [7, 11) is 0. The number of esters is 2. The monoisotopic (exact) mass is 678 g/mol. The molecule has 1 atom stereocenters. The summed E-state index contributed by atoms with van der Waals surface area (Å²) in [6.45, 7) is 0.558. The van der Waals surface area contributed by atoms with Crippen LogP contribution < -0.4 is 34.8 Å². The van der Waals surface area contributed by atoms with Crippen molar-refractivity contribution in [3.8, 4) is 0 Å². The largest absolute Gasteiger partial charge is 1.00 e. The molecule has 43 heavy (non-hydrogen) atoms. The fourth-order valence-corrected chi connectivity index (χ4v) is 3.85. The van der Waals surface area contributed by atoms with Crippen LogP contribution in [0.15, 0.2) is 0 Å². The van der Waals surface area contributed by atoms with Gasteiger partial charge in [0.25, 0.3) is 0 Å². The van der Waals surface area contributed by atoms with Gasteiger partial charge in [0.15, 0.2) is 0 Å². The van der Waals surface area contributed by atoms with Gasteiger partial charge in [-0.05, 0) is 6.42 Å². The van der Waals surface area contributed by atoms with Crippen molar-refractivity contribution in [1.82, 2.24) is 0 Å². The van der Waals surface area contributed by atoms with E-state index in [0.29, 0.717) is 6.61 Å². The van der Waals surface area contributed by atoms with E-state index in [1.807, 2.05) is 0 Å². The zero-order chi connectivity index (χ0) is 32.3. The molecule has 0 aromatic rings. The third kappa shape index (κ3) is 17.1. The van der Waals surface area contributed by atoms with E-state index < -0.39 is 60.6 Å². The molecule has 0 saturated heterocycles. The summed E-state index contributed by atoms with van der Waals surface area (Å²) in [6.07, 6.45) is 0.979. The fraction of sp³-hybridized carbons (Fsp3) is 0.917. The quantitative estimate of drug-likeness (QED) is 0.0273. The molecule has 0 bridgehead atoms. The van der Waals surface area contributed by atoms with Gasteiger partial charge in [-0.3, -0.25) is 14.6 Å². The summed E-state index contributed by atoms with van der Waals surface area (Å²) in [5.41, 5.74) is 0. The number of rotatable bonds is 25. The summed E-state index contributed by atoms with van der Waals surface area (Å²) in [5.74, 6) is -22.7. The van der Waals surface area contributed by atoms with Crippen LogP contribution in [0.2, 0.25) is 0 Å². The molecule has 0 N–H and O–H groups in total. The molecule has 0 amide bonds. The van der Waals surface area contributed by atoms with Gasteiger partial charge in [0.1, 0.15) is 11.9 Å². The predicted molar refractivity (Wildman–Crippen MR) is 128 cm³/mol. The first-order valence-electron chi connectivity index (χ1n) is 13.3. The van der Waals surface area contributed by atoms with Crippen LogP contribution in [0.3, 0.4) is 0 Å². The van der Waals surface area contributed by atoms with Crippen LogP contribution in [0, 0.1) is 0 Å².